The zero-order valence-electron chi connectivity index (χ0n) is 13.9. The SMILES string of the molecule is CC(NC(=O)C1CC12CCNCC2)C(=O)N1CCCCC1C. The molecule has 2 heterocycles. The molecule has 2 saturated heterocycles. The Labute approximate surface area is 133 Å². The molecule has 3 fully saturated rings. The molecule has 1 aliphatic carbocycles. The second kappa shape index (κ2) is 6.19. The van der Waals surface area contributed by atoms with Gasteiger partial charge in [0.15, 0.2) is 0 Å². The average molecular weight is 307 g/mol. The quantitative estimate of drug-likeness (QED) is 0.826. The highest BCUT2D eigenvalue weighted by atomic mass is 16.2. The van der Waals surface area contributed by atoms with E-state index in [9.17, 15) is 9.59 Å². The maximum Gasteiger partial charge on any atom is 0.245 e. The molecule has 1 spiro atoms. The van der Waals surface area contributed by atoms with Gasteiger partial charge in [-0.15, -0.1) is 0 Å². The molecule has 3 rings (SSSR count). The Kier molecular flexibility index (Phi) is 4.44. The van der Waals surface area contributed by atoms with Crippen LogP contribution in [0.3, 0.4) is 0 Å². The van der Waals surface area contributed by atoms with Crippen molar-refractivity contribution in [2.24, 2.45) is 11.3 Å². The first-order valence-electron chi connectivity index (χ1n) is 8.85. The van der Waals surface area contributed by atoms with Crippen LogP contribution in [0.2, 0.25) is 0 Å². The fourth-order valence-electron chi connectivity index (χ4n) is 4.25. The molecular weight excluding hydrogens is 278 g/mol. The monoisotopic (exact) mass is 307 g/mol. The lowest BCUT2D eigenvalue weighted by molar-refractivity contribution is -0.139. The van der Waals surface area contributed by atoms with Crippen molar-refractivity contribution in [3.63, 3.8) is 0 Å². The fraction of sp³-hybridized carbons (Fsp3) is 0.882. The normalized spacial score (nSPS) is 31.6. The topological polar surface area (TPSA) is 61.4 Å². The molecule has 0 aromatic rings. The van der Waals surface area contributed by atoms with Crippen molar-refractivity contribution in [3.8, 4) is 0 Å². The van der Waals surface area contributed by atoms with Crippen LogP contribution in [0.25, 0.3) is 0 Å². The number of nitrogens with one attached hydrogen (secondary N) is 2. The highest BCUT2D eigenvalue weighted by Gasteiger charge is 2.57. The van der Waals surface area contributed by atoms with E-state index < -0.39 is 6.04 Å². The van der Waals surface area contributed by atoms with Crippen molar-refractivity contribution in [3.05, 3.63) is 0 Å². The minimum Gasteiger partial charge on any atom is -0.344 e. The highest BCUT2D eigenvalue weighted by molar-refractivity contribution is 5.90. The number of nitrogens with zero attached hydrogens (tertiary/aromatic N) is 1. The number of carbonyl (C=O) groups excluding carboxylic acids is 2. The van der Waals surface area contributed by atoms with E-state index in [-0.39, 0.29) is 23.1 Å². The number of piperidine rings is 2. The summed E-state index contributed by atoms with van der Waals surface area (Å²) in [4.78, 5) is 27.0. The Hall–Kier alpha value is -1.10. The van der Waals surface area contributed by atoms with Crippen molar-refractivity contribution in [1.29, 1.82) is 0 Å². The third-order valence-electron chi connectivity index (χ3n) is 5.92. The predicted octanol–water partition coefficient (Wildman–Crippen LogP) is 1.28. The Morgan fingerprint density at radius 1 is 1.27 bits per heavy atom. The second-order valence-corrected chi connectivity index (χ2v) is 7.48. The molecular formula is C17H29N3O2. The summed E-state index contributed by atoms with van der Waals surface area (Å²) < 4.78 is 0. The summed E-state index contributed by atoms with van der Waals surface area (Å²) in [7, 11) is 0. The molecule has 0 radical (unpaired) electrons. The van der Waals surface area contributed by atoms with Crippen LogP contribution >= 0.6 is 0 Å². The molecule has 2 N–H and O–H groups in total. The summed E-state index contributed by atoms with van der Waals surface area (Å²) in [5.74, 6) is 0.302. The van der Waals surface area contributed by atoms with Gasteiger partial charge in [0.1, 0.15) is 6.04 Å². The second-order valence-electron chi connectivity index (χ2n) is 7.48. The molecule has 124 valence electrons. The minimum absolute atomic E-state index is 0.0839. The molecule has 2 amide bonds. The number of hydrogen-bond acceptors (Lipinski definition) is 3. The highest BCUT2D eigenvalue weighted by Crippen LogP contribution is 2.58. The lowest BCUT2D eigenvalue weighted by Gasteiger charge is -2.35. The molecule has 5 heteroatoms. The zero-order valence-corrected chi connectivity index (χ0v) is 13.9. The number of amides is 2. The molecule has 2 aliphatic heterocycles. The first-order valence-corrected chi connectivity index (χ1v) is 8.85. The third-order valence-corrected chi connectivity index (χ3v) is 5.92. The summed E-state index contributed by atoms with van der Waals surface area (Å²) >= 11 is 0. The molecule has 0 aromatic heterocycles. The van der Waals surface area contributed by atoms with Gasteiger partial charge < -0.3 is 15.5 Å². The van der Waals surface area contributed by atoms with Crippen LogP contribution in [-0.4, -0.2) is 48.4 Å². The molecule has 3 atom stereocenters. The van der Waals surface area contributed by atoms with Crippen molar-refractivity contribution in [2.75, 3.05) is 19.6 Å². The first kappa shape index (κ1) is 15.8. The molecule has 0 aromatic carbocycles. The van der Waals surface area contributed by atoms with E-state index >= 15 is 0 Å². The first-order chi connectivity index (χ1) is 10.5. The van der Waals surface area contributed by atoms with Crippen LogP contribution in [-0.2, 0) is 9.59 Å². The summed E-state index contributed by atoms with van der Waals surface area (Å²) in [6, 6.07) is -0.0929. The Bertz CT molecular complexity index is 445. The summed E-state index contributed by atoms with van der Waals surface area (Å²) in [6.45, 7) is 6.81. The average Bonchev–Trinajstić information content (AvgIpc) is 3.21. The van der Waals surface area contributed by atoms with Gasteiger partial charge in [0.25, 0.3) is 0 Å². The van der Waals surface area contributed by atoms with E-state index in [1.807, 2.05) is 11.8 Å². The molecule has 0 bridgehead atoms. The standard InChI is InChI=1S/C17H29N3O2/c1-12-5-3-4-10-20(12)16(22)13(2)19-15(21)14-11-17(14)6-8-18-9-7-17/h12-14,18H,3-11H2,1-2H3,(H,19,21). The van der Waals surface area contributed by atoms with Crippen molar-refractivity contribution < 1.29 is 9.59 Å². The summed E-state index contributed by atoms with van der Waals surface area (Å²) in [5.41, 5.74) is 0.233. The van der Waals surface area contributed by atoms with Gasteiger partial charge in [0, 0.05) is 18.5 Å². The van der Waals surface area contributed by atoms with E-state index in [1.54, 1.807) is 0 Å². The van der Waals surface area contributed by atoms with Crippen molar-refractivity contribution >= 4 is 11.8 Å². The van der Waals surface area contributed by atoms with Crippen molar-refractivity contribution in [1.82, 2.24) is 15.5 Å². The van der Waals surface area contributed by atoms with E-state index in [0.29, 0.717) is 6.04 Å². The fourth-order valence-corrected chi connectivity index (χ4v) is 4.25. The molecule has 1 saturated carbocycles. The van der Waals surface area contributed by atoms with Crippen LogP contribution < -0.4 is 10.6 Å². The Balaban J connectivity index is 1.52. The number of carbonyl (C=O) groups is 2. The van der Waals surface area contributed by atoms with E-state index in [4.69, 9.17) is 0 Å². The van der Waals surface area contributed by atoms with E-state index in [1.165, 1.54) is 6.42 Å². The van der Waals surface area contributed by atoms with Crippen LogP contribution in [0, 0.1) is 11.3 Å². The van der Waals surface area contributed by atoms with Crippen LogP contribution in [0.1, 0.15) is 52.4 Å². The smallest absolute Gasteiger partial charge is 0.245 e. The molecule has 3 aliphatic rings. The summed E-state index contributed by atoms with van der Waals surface area (Å²) in [6.07, 6.45) is 6.54. The Morgan fingerprint density at radius 3 is 2.68 bits per heavy atom. The predicted molar refractivity (Wildman–Crippen MR) is 85.3 cm³/mol. The lowest BCUT2D eigenvalue weighted by atomic mass is 9.91. The molecule has 3 unspecified atom stereocenters. The largest absolute Gasteiger partial charge is 0.344 e. The maximum atomic E-state index is 12.6. The maximum absolute atomic E-state index is 12.6. The van der Waals surface area contributed by atoms with Gasteiger partial charge in [-0.1, -0.05) is 0 Å². The van der Waals surface area contributed by atoms with Gasteiger partial charge in [-0.25, -0.2) is 0 Å². The Morgan fingerprint density at radius 2 is 2.00 bits per heavy atom. The number of hydrogen-bond donors (Lipinski definition) is 2. The van der Waals surface area contributed by atoms with Crippen LogP contribution in [0.5, 0.6) is 0 Å². The van der Waals surface area contributed by atoms with E-state index in [2.05, 4.69) is 17.6 Å². The molecule has 22 heavy (non-hydrogen) atoms. The summed E-state index contributed by atoms with van der Waals surface area (Å²) in [5, 5.41) is 6.33. The zero-order chi connectivity index (χ0) is 15.7. The molecule has 5 nitrogen and oxygen atoms in total. The number of rotatable bonds is 3. The van der Waals surface area contributed by atoms with Gasteiger partial charge in [-0.05, 0) is 70.9 Å². The minimum atomic E-state index is -0.396. The third kappa shape index (κ3) is 3.00. The van der Waals surface area contributed by atoms with Gasteiger partial charge in [0.05, 0.1) is 0 Å². The van der Waals surface area contributed by atoms with Gasteiger partial charge in [-0.2, -0.15) is 0 Å². The van der Waals surface area contributed by atoms with Gasteiger partial charge in [-0.3, -0.25) is 9.59 Å². The van der Waals surface area contributed by atoms with Gasteiger partial charge in [0.2, 0.25) is 11.8 Å². The van der Waals surface area contributed by atoms with E-state index in [0.717, 1.165) is 51.7 Å². The van der Waals surface area contributed by atoms with Crippen molar-refractivity contribution in [2.45, 2.75) is 64.5 Å². The van der Waals surface area contributed by atoms with Crippen LogP contribution in [0.15, 0.2) is 0 Å². The lowest BCUT2D eigenvalue weighted by Crippen LogP contribution is -2.52. The van der Waals surface area contributed by atoms with Gasteiger partial charge >= 0.3 is 0 Å². The number of likely N-dealkylation sites (tertiary alicyclic amines) is 1. The van der Waals surface area contributed by atoms with Crippen LogP contribution in [0.4, 0.5) is 0 Å².